The molecule has 0 aromatic carbocycles. The molecule has 1 aliphatic heterocycles. The Bertz CT molecular complexity index is 434. The highest BCUT2D eigenvalue weighted by molar-refractivity contribution is 7.13. The van der Waals surface area contributed by atoms with Crippen LogP contribution in [0.15, 0.2) is 5.38 Å². The van der Waals surface area contributed by atoms with E-state index in [1.165, 1.54) is 17.8 Å². The molecule has 1 saturated heterocycles. The Labute approximate surface area is 118 Å². The summed E-state index contributed by atoms with van der Waals surface area (Å²) >= 11 is 1.48. The van der Waals surface area contributed by atoms with Crippen molar-refractivity contribution < 1.29 is 4.79 Å². The second-order valence-corrected chi connectivity index (χ2v) is 6.07. The van der Waals surface area contributed by atoms with E-state index in [-0.39, 0.29) is 12.1 Å². The number of hydrogen-bond donors (Lipinski definition) is 2. The van der Waals surface area contributed by atoms with Gasteiger partial charge in [0.25, 0.3) is 0 Å². The second-order valence-electron chi connectivity index (χ2n) is 5.21. The van der Waals surface area contributed by atoms with Crippen molar-refractivity contribution in [1.29, 1.82) is 0 Å². The van der Waals surface area contributed by atoms with E-state index in [1.807, 2.05) is 24.3 Å². The molecule has 1 aromatic heterocycles. The molecule has 2 atom stereocenters. The molecule has 0 aliphatic carbocycles. The zero-order chi connectivity index (χ0) is 13.8. The van der Waals surface area contributed by atoms with Crippen molar-refractivity contribution in [2.24, 2.45) is 5.92 Å². The smallest absolute Gasteiger partial charge is 0.323 e. The SMILES string of the molecule is CNC(C)c1csc(NC(=O)N2CCCC(C)C2)n1. The Balaban J connectivity index is 1.93. The van der Waals surface area contributed by atoms with Crippen LogP contribution < -0.4 is 10.6 Å². The molecule has 2 heterocycles. The number of thiazole rings is 1. The van der Waals surface area contributed by atoms with Crippen LogP contribution in [0.25, 0.3) is 0 Å². The lowest BCUT2D eigenvalue weighted by molar-refractivity contribution is 0.182. The summed E-state index contributed by atoms with van der Waals surface area (Å²) in [6, 6.07) is 0.182. The maximum absolute atomic E-state index is 12.1. The first-order chi connectivity index (χ1) is 9.10. The van der Waals surface area contributed by atoms with Crippen LogP contribution in [0.5, 0.6) is 0 Å². The molecule has 0 radical (unpaired) electrons. The van der Waals surface area contributed by atoms with Gasteiger partial charge in [-0.15, -0.1) is 11.3 Å². The Kier molecular flexibility index (Phi) is 4.76. The van der Waals surface area contributed by atoms with E-state index in [1.54, 1.807) is 0 Å². The van der Waals surface area contributed by atoms with Crippen LogP contribution in [0.3, 0.4) is 0 Å². The van der Waals surface area contributed by atoms with E-state index in [0.717, 1.165) is 25.2 Å². The van der Waals surface area contributed by atoms with Gasteiger partial charge in [-0.3, -0.25) is 5.32 Å². The van der Waals surface area contributed by atoms with E-state index < -0.39 is 0 Å². The summed E-state index contributed by atoms with van der Waals surface area (Å²) in [5.74, 6) is 0.593. The molecule has 2 rings (SSSR count). The topological polar surface area (TPSA) is 57.3 Å². The minimum absolute atomic E-state index is 0.0236. The average molecular weight is 282 g/mol. The summed E-state index contributed by atoms with van der Waals surface area (Å²) in [6.45, 7) is 5.93. The minimum atomic E-state index is -0.0236. The molecule has 6 heteroatoms. The normalized spacial score (nSPS) is 21.2. The largest absolute Gasteiger partial charge is 0.324 e. The van der Waals surface area contributed by atoms with E-state index in [0.29, 0.717) is 11.0 Å². The van der Waals surface area contributed by atoms with Gasteiger partial charge in [0, 0.05) is 24.5 Å². The first kappa shape index (κ1) is 14.3. The van der Waals surface area contributed by atoms with Crippen LogP contribution in [0, 0.1) is 5.92 Å². The first-order valence-electron chi connectivity index (χ1n) is 6.78. The number of rotatable bonds is 3. The van der Waals surface area contributed by atoms with E-state index >= 15 is 0 Å². The van der Waals surface area contributed by atoms with Crippen molar-refractivity contribution in [3.05, 3.63) is 11.1 Å². The summed E-state index contributed by atoms with van der Waals surface area (Å²) in [7, 11) is 1.90. The molecule has 2 unspecified atom stereocenters. The number of urea groups is 1. The molecular weight excluding hydrogens is 260 g/mol. The van der Waals surface area contributed by atoms with Crippen LogP contribution in [0.2, 0.25) is 0 Å². The number of anilines is 1. The third-order valence-corrected chi connectivity index (χ3v) is 4.33. The molecule has 1 aromatic rings. The molecule has 5 nitrogen and oxygen atoms in total. The number of carbonyl (C=O) groups excluding carboxylic acids is 1. The molecule has 1 aliphatic rings. The number of nitrogens with one attached hydrogen (secondary N) is 2. The predicted octanol–water partition coefficient (Wildman–Crippen LogP) is 2.69. The van der Waals surface area contributed by atoms with E-state index in [9.17, 15) is 4.79 Å². The monoisotopic (exact) mass is 282 g/mol. The molecule has 19 heavy (non-hydrogen) atoms. The molecule has 1 fully saturated rings. The fraction of sp³-hybridized carbons (Fsp3) is 0.692. The third-order valence-electron chi connectivity index (χ3n) is 3.56. The number of carbonyl (C=O) groups is 1. The summed E-state index contributed by atoms with van der Waals surface area (Å²) < 4.78 is 0. The lowest BCUT2D eigenvalue weighted by Gasteiger charge is -2.30. The van der Waals surface area contributed by atoms with Crippen LogP contribution >= 0.6 is 11.3 Å². The quantitative estimate of drug-likeness (QED) is 0.896. The van der Waals surface area contributed by atoms with E-state index in [4.69, 9.17) is 0 Å². The summed E-state index contributed by atoms with van der Waals surface area (Å²) in [5, 5.41) is 8.70. The Hall–Kier alpha value is -1.14. The van der Waals surface area contributed by atoms with Gasteiger partial charge in [0.05, 0.1) is 5.69 Å². The zero-order valence-electron chi connectivity index (χ0n) is 11.8. The van der Waals surface area contributed by atoms with Crippen molar-refractivity contribution in [3.63, 3.8) is 0 Å². The van der Waals surface area contributed by atoms with Crippen molar-refractivity contribution in [3.8, 4) is 0 Å². The van der Waals surface area contributed by atoms with Crippen LogP contribution in [-0.4, -0.2) is 36.1 Å². The van der Waals surface area contributed by atoms with Crippen LogP contribution in [-0.2, 0) is 0 Å². The average Bonchev–Trinajstić information content (AvgIpc) is 2.86. The van der Waals surface area contributed by atoms with Gasteiger partial charge >= 0.3 is 6.03 Å². The molecule has 0 bridgehead atoms. The predicted molar refractivity (Wildman–Crippen MR) is 78.6 cm³/mol. The zero-order valence-corrected chi connectivity index (χ0v) is 12.6. The number of aromatic nitrogens is 1. The molecule has 2 amide bonds. The van der Waals surface area contributed by atoms with Crippen molar-refractivity contribution in [2.75, 3.05) is 25.5 Å². The van der Waals surface area contributed by atoms with Gasteiger partial charge in [-0.2, -0.15) is 0 Å². The molecule has 106 valence electrons. The number of piperidine rings is 1. The fourth-order valence-corrected chi connectivity index (χ4v) is 3.03. The summed E-state index contributed by atoms with van der Waals surface area (Å²) in [5.41, 5.74) is 0.967. The first-order valence-corrected chi connectivity index (χ1v) is 7.66. The number of nitrogens with zero attached hydrogens (tertiary/aromatic N) is 2. The summed E-state index contributed by atoms with van der Waals surface area (Å²) in [6.07, 6.45) is 2.30. The van der Waals surface area contributed by atoms with Gasteiger partial charge in [0.2, 0.25) is 0 Å². The molecule has 0 spiro atoms. The van der Waals surface area contributed by atoms with Crippen molar-refractivity contribution >= 4 is 22.5 Å². The number of likely N-dealkylation sites (tertiary alicyclic amines) is 1. The van der Waals surface area contributed by atoms with Crippen molar-refractivity contribution in [1.82, 2.24) is 15.2 Å². The van der Waals surface area contributed by atoms with E-state index in [2.05, 4.69) is 22.5 Å². The Morgan fingerprint density at radius 1 is 1.63 bits per heavy atom. The Morgan fingerprint density at radius 3 is 3.11 bits per heavy atom. The molecular formula is C13H22N4OS. The molecule has 2 N–H and O–H groups in total. The van der Waals surface area contributed by atoms with Gasteiger partial charge in [-0.05, 0) is 32.7 Å². The second kappa shape index (κ2) is 6.34. The number of amides is 2. The van der Waals surface area contributed by atoms with Gasteiger partial charge in [-0.1, -0.05) is 6.92 Å². The van der Waals surface area contributed by atoms with Gasteiger partial charge in [0.15, 0.2) is 5.13 Å². The minimum Gasteiger partial charge on any atom is -0.324 e. The van der Waals surface area contributed by atoms with Gasteiger partial charge < -0.3 is 10.2 Å². The maximum atomic E-state index is 12.1. The third kappa shape index (κ3) is 3.67. The van der Waals surface area contributed by atoms with Crippen molar-refractivity contribution in [2.45, 2.75) is 32.7 Å². The molecule has 0 saturated carbocycles. The van der Waals surface area contributed by atoms with Crippen LogP contribution in [0.1, 0.15) is 38.4 Å². The van der Waals surface area contributed by atoms with Crippen LogP contribution in [0.4, 0.5) is 9.93 Å². The highest BCUT2D eigenvalue weighted by atomic mass is 32.1. The lowest BCUT2D eigenvalue weighted by Crippen LogP contribution is -2.41. The highest BCUT2D eigenvalue weighted by Crippen LogP contribution is 2.22. The van der Waals surface area contributed by atoms with Gasteiger partial charge in [-0.25, -0.2) is 9.78 Å². The highest BCUT2D eigenvalue weighted by Gasteiger charge is 2.21. The standard InChI is InChI=1S/C13H22N4OS/c1-9-5-4-6-17(7-9)13(18)16-12-15-11(8-19-12)10(2)14-3/h8-10,14H,4-7H2,1-3H3,(H,15,16,18). The Morgan fingerprint density at radius 2 is 2.42 bits per heavy atom. The van der Waals surface area contributed by atoms with Gasteiger partial charge in [0.1, 0.15) is 0 Å². The maximum Gasteiger partial charge on any atom is 0.323 e. The summed E-state index contributed by atoms with van der Waals surface area (Å²) in [4.78, 5) is 18.4. The number of hydrogen-bond acceptors (Lipinski definition) is 4. The fourth-order valence-electron chi connectivity index (χ4n) is 2.23. The lowest BCUT2D eigenvalue weighted by atomic mass is 10.0.